The van der Waals surface area contributed by atoms with Crippen LogP contribution in [0.1, 0.15) is 32.2 Å². The number of ether oxygens (including phenoxy) is 1. The Morgan fingerprint density at radius 3 is 3.05 bits per heavy atom. The summed E-state index contributed by atoms with van der Waals surface area (Å²) in [6, 6.07) is 0.239. The number of imidazole rings is 1. The summed E-state index contributed by atoms with van der Waals surface area (Å²) in [5.41, 5.74) is 7.13. The smallest absolute Gasteiger partial charge is 0.302 e. The molecule has 19 heavy (non-hydrogen) atoms. The Morgan fingerprint density at radius 2 is 2.26 bits per heavy atom. The van der Waals surface area contributed by atoms with Crippen LogP contribution in [0.2, 0.25) is 0 Å². The van der Waals surface area contributed by atoms with Crippen LogP contribution in [0.25, 0.3) is 11.2 Å². The van der Waals surface area contributed by atoms with E-state index in [9.17, 15) is 4.79 Å². The van der Waals surface area contributed by atoms with Crippen molar-refractivity contribution in [1.29, 1.82) is 0 Å². The molecule has 0 unspecified atom stereocenters. The molecule has 1 aliphatic carbocycles. The molecule has 1 fully saturated rings. The zero-order chi connectivity index (χ0) is 13.4. The molecule has 1 saturated carbocycles. The van der Waals surface area contributed by atoms with Gasteiger partial charge in [0.2, 0.25) is 0 Å². The van der Waals surface area contributed by atoms with Gasteiger partial charge in [0.1, 0.15) is 17.9 Å². The quantitative estimate of drug-likeness (QED) is 0.812. The van der Waals surface area contributed by atoms with Crippen LogP contribution < -0.4 is 5.73 Å². The van der Waals surface area contributed by atoms with Crippen molar-refractivity contribution in [2.24, 2.45) is 0 Å². The normalized spacial score (nSPS) is 22.8. The van der Waals surface area contributed by atoms with Crippen LogP contribution in [0, 0.1) is 0 Å². The van der Waals surface area contributed by atoms with Crippen molar-refractivity contribution in [2.45, 2.75) is 38.3 Å². The van der Waals surface area contributed by atoms with Gasteiger partial charge in [-0.3, -0.25) is 4.79 Å². The molecule has 2 aromatic rings. The second-order valence-electron chi connectivity index (χ2n) is 4.78. The minimum Gasteiger partial charge on any atom is -0.462 e. The van der Waals surface area contributed by atoms with Gasteiger partial charge in [0.05, 0.1) is 6.33 Å². The van der Waals surface area contributed by atoms with Crippen LogP contribution in [0.3, 0.4) is 0 Å². The van der Waals surface area contributed by atoms with Gasteiger partial charge in [0.25, 0.3) is 0 Å². The Balaban J connectivity index is 1.86. The van der Waals surface area contributed by atoms with E-state index < -0.39 is 0 Å². The molecule has 0 aromatic carbocycles. The van der Waals surface area contributed by atoms with Crippen molar-refractivity contribution >= 4 is 23.0 Å². The molecular weight excluding hydrogens is 246 g/mol. The lowest BCUT2D eigenvalue weighted by atomic mass is 10.2. The topological polar surface area (TPSA) is 95.9 Å². The third-order valence-corrected chi connectivity index (χ3v) is 3.47. The molecular formula is C12H15N5O2. The van der Waals surface area contributed by atoms with Crippen LogP contribution in [0.15, 0.2) is 12.7 Å². The van der Waals surface area contributed by atoms with E-state index in [1.54, 1.807) is 6.33 Å². The van der Waals surface area contributed by atoms with Crippen LogP contribution in [0.4, 0.5) is 5.82 Å². The zero-order valence-electron chi connectivity index (χ0n) is 10.6. The van der Waals surface area contributed by atoms with Crippen molar-refractivity contribution in [2.75, 3.05) is 5.73 Å². The average molecular weight is 261 g/mol. The van der Waals surface area contributed by atoms with E-state index in [1.165, 1.54) is 13.3 Å². The molecule has 2 N–H and O–H groups in total. The molecule has 0 aliphatic heterocycles. The first-order valence-corrected chi connectivity index (χ1v) is 6.25. The molecule has 0 spiro atoms. The minimum absolute atomic E-state index is 0.0147. The van der Waals surface area contributed by atoms with Crippen molar-refractivity contribution in [3.8, 4) is 0 Å². The van der Waals surface area contributed by atoms with Gasteiger partial charge in [-0.2, -0.15) is 0 Å². The number of anilines is 1. The Kier molecular flexibility index (Phi) is 2.81. The van der Waals surface area contributed by atoms with Gasteiger partial charge < -0.3 is 15.0 Å². The van der Waals surface area contributed by atoms with E-state index in [-0.39, 0.29) is 18.1 Å². The van der Waals surface area contributed by atoms with Gasteiger partial charge in [0, 0.05) is 19.4 Å². The molecule has 0 radical (unpaired) electrons. The Hall–Kier alpha value is -2.18. The van der Waals surface area contributed by atoms with E-state index in [4.69, 9.17) is 10.5 Å². The summed E-state index contributed by atoms with van der Waals surface area (Å²) in [7, 11) is 0. The fourth-order valence-electron chi connectivity index (χ4n) is 2.65. The summed E-state index contributed by atoms with van der Waals surface area (Å²) >= 11 is 0. The van der Waals surface area contributed by atoms with Crippen LogP contribution >= 0.6 is 0 Å². The number of fused-ring (bicyclic) bond motifs is 1. The second-order valence-corrected chi connectivity index (χ2v) is 4.78. The lowest BCUT2D eigenvalue weighted by Crippen LogP contribution is -2.13. The maximum Gasteiger partial charge on any atom is 0.302 e. The van der Waals surface area contributed by atoms with Crippen LogP contribution in [-0.2, 0) is 9.53 Å². The highest BCUT2D eigenvalue weighted by atomic mass is 16.5. The number of nitrogen functional groups attached to an aromatic ring is 1. The van der Waals surface area contributed by atoms with Gasteiger partial charge in [-0.25, -0.2) is 15.0 Å². The fraction of sp³-hybridized carbons (Fsp3) is 0.500. The number of nitrogens with zero attached hydrogens (tertiary/aromatic N) is 4. The zero-order valence-corrected chi connectivity index (χ0v) is 10.6. The molecule has 2 atom stereocenters. The number of hydrogen-bond donors (Lipinski definition) is 1. The Morgan fingerprint density at radius 1 is 1.42 bits per heavy atom. The first-order valence-electron chi connectivity index (χ1n) is 6.25. The number of carbonyl (C=O) groups excluding carboxylic acids is 1. The third-order valence-electron chi connectivity index (χ3n) is 3.47. The number of carbonyl (C=O) groups is 1. The second kappa shape index (κ2) is 4.49. The van der Waals surface area contributed by atoms with Gasteiger partial charge in [-0.1, -0.05) is 0 Å². The van der Waals surface area contributed by atoms with E-state index >= 15 is 0 Å². The molecule has 0 saturated heterocycles. The highest BCUT2D eigenvalue weighted by Crippen LogP contribution is 2.33. The fourth-order valence-corrected chi connectivity index (χ4v) is 2.65. The summed E-state index contributed by atoms with van der Waals surface area (Å²) in [6.45, 7) is 1.44. The summed E-state index contributed by atoms with van der Waals surface area (Å²) < 4.78 is 7.24. The first kappa shape index (κ1) is 11.9. The summed E-state index contributed by atoms with van der Waals surface area (Å²) in [6.07, 6.45) is 5.75. The van der Waals surface area contributed by atoms with Crippen LogP contribution in [-0.4, -0.2) is 31.6 Å². The summed E-state index contributed by atoms with van der Waals surface area (Å²) in [4.78, 5) is 23.4. The highest BCUT2D eigenvalue weighted by molar-refractivity contribution is 5.81. The SMILES string of the molecule is CC(=O)O[C@@H]1CC[C@@H](n2cnc3c(N)ncnc32)C1. The molecule has 7 heteroatoms. The van der Waals surface area contributed by atoms with Gasteiger partial charge in [-0.05, 0) is 12.8 Å². The predicted molar refractivity (Wildman–Crippen MR) is 68.2 cm³/mol. The van der Waals surface area contributed by atoms with E-state index in [2.05, 4.69) is 15.0 Å². The lowest BCUT2D eigenvalue weighted by Gasteiger charge is -2.13. The minimum atomic E-state index is -0.229. The summed E-state index contributed by atoms with van der Waals surface area (Å²) in [5, 5.41) is 0. The van der Waals surface area contributed by atoms with E-state index in [1.807, 2.05) is 4.57 Å². The van der Waals surface area contributed by atoms with Gasteiger partial charge in [-0.15, -0.1) is 0 Å². The molecule has 2 aromatic heterocycles. The monoisotopic (exact) mass is 261 g/mol. The van der Waals surface area contributed by atoms with Crippen molar-refractivity contribution in [1.82, 2.24) is 19.5 Å². The van der Waals surface area contributed by atoms with Crippen LogP contribution in [0.5, 0.6) is 0 Å². The predicted octanol–water partition coefficient (Wildman–Crippen LogP) is 1.07. The number of nitrogens with two attached hydrogens (primary N) is 1. The maximum atomic E-state index is 11.0. The molecule has 1 aliphatic rings. The Bertz CT molecular complexity index is 624. The standard InChI is InChI=1S/C12H15N5O2/c1-7(18)19-9-3-2-8(4-9)17-6-16-10-11(13)14-5-15-12(10)17/h5-6,8-9H,2-4H2,1H3,(H2,13,14,15)/t8-,9-/m1/s1. The van der Waals surface area contributed by atoms with Crippen molar-refractivity contribution in [3.63, 3.8) is 0 Å². The molecule has 7 nitrogen and oxygen atoms in total. The summed E-state index contributed by atoms with van der Waals surface area (Å²) in [5.74, 6) is 0.158. The Labute approximate surface area is 109 Å². The average Bonchev–Trinajstić information content (AvgIpc) is 2.95. The molecule has 0 amide bonds. The number of rotatable bonds is 2. The highest BCUT2D eigenvalue weighted by Gasteiger charge is 2.29. The van der Waals surface area contributed by atoms with Crippen molar-refractivity contribution < 1.29 is 9.53 Å². The maximum absolute atomic E-state index is 11.0. The number of hydrogen-bond acceptors (Lipinski definition) is 6. The lowest BCUT2D eigenvalue weighted by molar-refractivity contribution is -0.146. The number of esters is 1. The molecule has 3 rings (SSSR count). The molecule has 2 heterocycles. The first-order chi connectivity index (χ1) is 9.15. The van der Waals surface area contributed by atoms with Gasteiger partial charge >= 0.3 is 5.97 Å². The van der Waals surface area contributed by atoms with Crippen molar-refractivity contribution in [3.05, 3.63) is 12.7 Å². The molecule has 0 bridgehead atoms. The third kappa shape index (κ3) is 2.11. The van der Waals surface area contributed by atoms with Gasteiger partial charge in [0.15, 0.2) is 11.5 Å². The van der Waals surface area contributed by atoms with E-state index in [0.29, 0.717) is 11.3 Å². The number of aromatic nitrogens is 4. The molecule has 100 valence electrons. The van der Waals surface area contributed by atoms with E-state index in [0.717, 1.165) is 24.9 Å². The largest absolute Gasteiger partial charge is 0.462 e.